The Morgan fingerprint density at radius 1 is 1.19 bits per heavy atom. The Labute approximate surface area is 160 Å². The number of nitrogens with one attached hydrogen (secondary N) is 1. The molecule has 0 saturated carbocycles. The van der Waals surface area contributed by atoms with Crippen LogP contribution in [-0.4, -0.2) is 48.1 Å². The molecule has 2 amide bonds. The van der Waals surface area contributed by atoms with E-state index in [1.54, 1.807) is 24.3 Å². The van der Waals surface area contributed by atoms with Crippen LogP contribution in [0, 0.1) is 0 Å². The fraction of sp³-hybridized carbons (Fsp3) is 0.579. The van der Waals surface area contributed by atoms with E-state index in [0.717, 1.165) is 25.8 Å². The molecule has 2 aliphatic rings. The highest BCUT2D eigenvalue weighted by Gasteiger charge is 2.30. The molecule has 1 unspecified atom stereocenters. The molecule has 0 bridgehead atoms. The molecule has 0 aromatic heterocycles. The number of piperidine rings is 1. The minimum absolute atomic E-state index is 0. The van der Waals surface area contributed by atoms with Gasteiger partial charge in [-0.05, 0) is 63.3 Å². The quantitative estimate of drug-likeness (QED) is 0.839. The predicted molar refractivity (Wildman–Crippen MR) is 104 cm³/mol. The topological polar surface area (TPSA) is 84.7 Å². The van der Waals surface area contributed by atoms with Crippen molar-refractivity contribution < 1.29 is 14.3 Å². The van der Waals surface area contributed by atoms with E-state index in [2.05, 4.69) is 12.2 Å². The number of anilines is 1. The highest BCUT2D eigenvalue weighted by molar-refractivity contribution is 5.97. The van der Waals surface area contributed by atoms with Crippen LogP contribution >= 0.6 is 12.4 Å². The number of halogens is 1. The Morgan fingerprint density at radius 2 is 1.92 bits per heavy atom. The molecule has 1 aromatic rings. The number of nitrogens with zero attached hydrogens (tertiary/aromatic N) is 1. The van der Waals surface area contributed by atoms with Gasteiger partial charge in [0.2, 0.25) is 0 Å². The lowest BCUT2D eigenvalue weighted by atomic mass is 10.0. The Bertz CT molecular complexity index is 623. The molecule has 2 saturated heterocycles. The molecule has 26 heavy (non-hydrogen) atoms. The average molecular weight is 382 g/mol. The molecular weight excluding hydrogens is 354 g/mol. The molecule has 1 aromatic carbocycles. The van der Waals surface area contributed by atoms with Crippen molar-refractivity contribution in [2.75, 3.05) is 18.4 Å². The number of hydrogen-bond donors (Lipinski definition) is 2. The summed E-state index contributed by atoms with van der Waals surface area (Å²) >= 11 is 0. The zero-order valence-corrected chi connectivity index (χ0v) is 16.0. The van der Waals surface area contributed by atoms with Crippen LogP contribution in [0.25, 0.3) is 0 Å². The van der Waals surface area contributed by atoms with Gasteiger partial charge >= 0.3 is 0 Å². The van der Waals surface area contributed by atoms with Crippen LogP contribution < -0.4 is 11.1 Å². The summed E-state index contributed by atoms with van der Waals surface area (Å²) in [5.74, 6) is -0.0883. The maximum Gasteiger partial charge on any atom is 0.254 e. The molecule has 2 fully saturated rings. The van der Waals surface area contributed by atoms with Crippen LogP contribution in [-0.2, 0) is 9.53 Å². The Hall–Kier alpha value is -1.63. The van der Waals surface area contributed by atoms with Crippen molar-refractivity contribution in [2.45, 2.75) is 57.3 Å². The molecular formula is C19H28ClN3O3. The fourth-order valence-electron chi connectivity index (χ4n) is 3.56. The van der Waals surface area contributed by atoms with Crippen LogP contribution in [0.3, 0.4) is 0 Å². The second-order valence-electron chi connectivity index (χ2n) is 6.97. The van der Waals surface area contributed by atoms with Crippen molar-refractivity contribution in [1.82, 2.24) is 4.90 Å². The lowest BCUT2D eigenvalue weighted by molar-refractivity contribution is -0.126. The van der Waals surface area contributed by atoms with Crippen molar-refractivity contribution in [2.24, 2.45) is 5.73 Å². The molecule has 0 spiro atoms. The molecule has 3 N–H and O–H groups in total. The summed E-state index contributed by atoms with van der Waals surface area (Å²) in [5, 5.41) is 2.85. The minimum Gasteiger partial charge on any atom is -0.364 e. The summed E-state index contributed by atoms with van der Waals surface area (Å²) in [6.45, 7) is 3.36. The minimum atomic E-state index is -0.441. The van der Waals surface area contributed by atoms with Crippen molar-refractivity contribution in [3.05, 3.63) is 29.8 Å². The molecule has 0 aliphatic carbocycles. The summed E-state index contributed by atoms with van der Waals surface area (Å²) < 4.78 is 5.60. The molecule has 6 nitrogen and oxygen atoms in total. The molecule has 2 aliphatic heterocycles. The number of hydrogen-bond acceptors (Lipinski definition) is 4. The van der Waals surface area contributed by atoms with Crippen molar-refractivity contribution in [3.63, 3.8) is 0 Å². The largest absolute Gasteiger partial charge is 0.364 e. The van der Waals surface area contributed by atoms with Crippen molar-refractivity contribution in [3.8, 4) is 0 Å². The van der Waals surface area contributed by atoms with Gasteiger partial charge in [-0.25, -0.2) is 0 Å². The fourth-order valence-corrected chi connectivity index (χ4v) is 3.56. The van der Waals surface area contributed by atoms with Crippen LogP contribution in [0.15, 0.2) is 24.3 Å². The smallest absolute Gasteiger partial charge is 0.254 e. The van der Waals surface area contributed by atoms with Gasteiger partial charge in [-0.15, -0.1) is 12.4 Å². The van der Waals surface area contributed by atoms with E-state index in [1.165, 1.54) is 6.42 Å². The molecule has 3 rings (SSSR count). The monoisotopic (exact) mass is 381 g/mol. The van der Waals surface area contributed by atoms with Crippen LogP contribution in [0.5, 0.6) is 0 Å². The van der Waals surface area contributed by atoms with Crippen LogP contribution in [0.4, 0.5) is 5.69 Å². The van der Waals surface area contributed by atoms with Crippen molar-refractivity contribution in [1.29, 1.82) is 0 Å². The third kappa shape index (κ3) is 4.75. The first-order valence-electron chi connectivity index (χ1n) is 9.16. The van der Waals surface area contributed by atoms with E-state index in [1.807, 2.05) is 4.90 Å². The lowest BCUT2D eigenvalue weighted by Crippen LogP contribution is -2.42. The zero-order valence-electron chi connectivity index (χ0n) is 15.1. The molecule has 7 heteroatoms. The van der Waals surface area contributed by atoms with Gasteiger partial charge in [0.1, 0.15) is 6.10 Å². The van der Waals surface area contributed by atoms with E-state index < -0.39 is 6.10 Å². The normalized spacial score (nSPS) is 25.5. The van der Waals surface area contributed by atoms with Crippen molar-refractivity contribution >= 4 is 29.9 Å². The first-order valence-corrected chi connectivity index (χ1v) is 9.16. The standard InChI is InChI=1S/C19H27N3O3.ClH/c1-13-4-2-3-11-22(13)19(24)14-5-7-15(8-6-14)21-18(23)17-10-9-16(12-20)25-17;/h5-8,13,16-17H,2-4,9-12,20H2,1H3,(H,21,23);1H/t13?,16-,17+;/m1./s1. The van der Waals surface area contributed by atoms with Gasteiger partial charge in [-0.1, -0.05) is 0 Å². The van der Waals surface area contributed by atoms with Crippen LogP contribution in [0.2, 0.25) is 0 Å². The lowest BCUT2D eigenvalue weighted by Gasteiger charge is -2.33. The molecule has 0 radical (unpaired) electrons. The Morgan fingerprint density at radius 3 is 2.54 bits per heavy atom. The third-order valence-electron chi connectivity index (χ3n) is 5.13. The van der Waals surface area contributed by atoms with Gasteiger partial charge < -0.3 is 20.7 Å². The van der Waals surface area contributed by atoms with Gasteiger partial charge in [-0.3, -0.25) is 9.59 Å². The molecule has 144 valence electrons. The second kappa shape index (κ2) is 9.35. The van der Waals surface area contributed by atoms with Gasteiger partial charge in [-0.2, -0.15) is 0 Å². The first-order chi connectivity index (χ1) is 12.1. The summed E-state index contributed by atoms with van der Waals surface area (Å²) in [5.41, 5.74) is 6.91. The number of benzene rings is 1. The SMILES string of the molecule is CC1CCCCN1C(=O)c1ccc(NC(=O)[C@@H]2CC[C@H](CN)O2)cc1.Cl. The highest BCUT2D eigenvalue weighted by atomic mass is 35.5. The molecule has 3 atom stereocenters. The van der Waals surface area contributed by atoms with Crippen LogP contribution in [0.1, 0.15) is 49.4 Å². The number of amides is 2. The second-order valence-corrected chi connectivity index (χ2v) is 6.97. The molecule has 2 heterocycles. The summed E-state index contributed by atoms with van der Waals surface area (Å²) in [6.07, 6.45) is 4.35. The summed E-state index contributed by atoms with van der Waals surface area (Å²) in [4.78, 5) is 26.8. The van der Waals surface area contributed by atoms with Gasteiger partial charge in [0, 0.05) is 30.4 Å². The number of carbonyl (C=O) groups excluding carboxylic acids is 2. The maximum atomic E-state index is 12.6. The first kappa shape index (κ1) is 20.7. The van der Waals surface area contributed by atoms with E-state index in [0.29, 0.717) is 24.2 Å². The summed E-state index contributed by atoms with van der Waals surface area (Å²) in [7, 11) is 0. The van der Waals surface area contributed by atoms with Gasteiger partial charge in [0.25, 0.3) is 11.8 Å². The van der Waals surface area contributed by atoms with Gasteiger partial charge in [0.05, 0.1) is 6.10 Å². The number of carbonyl (C=O) groups is 2. The Kier molecular flexibility index (Phi) is 7.43. The van der Waals surface area contributed by atoms with E-state index in [9.17, 15) is 9.59 Å². The average Bonchev–Trinajstić information content (AvgIpc) is 3.11. The summed E-state index contributed by atoms with van der Waals surface area (Å²) in [6, 6.07) is 7.38. The number of rotatable bonds is 4. The Balaban J connectivity index is 0.00000243. The zero-order chi connectivity index (χ0) is 17.8. The van der Waals surface area contributed by atoms with E-state index in [-0.39, 0.29) is 36.4 Å². The number of likely N-dealkylation sites (tertiary alicyclic amines) is 1. The van der Waals surface area contributed by atoms with E-state index >= 15 is 0 Å². The highest BCUT2D eigenvalue weighted by Crippen LogP contribution is 2.22. The van der Waals surface area contributed by atoms with E-state index in [4.69, 9.17) is 10.5 Å². The third-order valence-corrected chi connectivity index (χ3v) is 5.13. The number of ether oxygens (including phenoxy) is 1. The predicted octanol–water partition coefficient (Wildman–Crippen LogP) is 2.57. The van der Waals surface area contributed by atoms with Gasteiger partial charge in [0.15, 0.2) is 0 Å². The number of nitrogens with two attached hydrogens (primary N) is 1. The maximum absolute atomic E-state index is 12.6.